The van der Waals surface area contributed by atoms with Gasteiger partial charge < -0.3 is 10.6 Å². The van der Waals surface area contributed by atoms with Crippen LogP contribution < -0.4 is 15.4 Å². The third-order valence-electron chi connectivity index (χ3n) is 4.83. The monoisotopic (exact) mass is 472 g/mol. The zero-order valence-corrected chi connectivity index (χ0v) is 19.3. The molecular formula is C22H24N4O4S2. The van der Waals surface area contributed by atoms with Crippen LogP contribution in [0, 0.1) is 5.92 Å². The molecule has 0 unspecified atom stereocenters. The number of amides is 2. The van der Waals surface area contributed by atoms with Gasteiger partial charge in [0.05, 0.1) is 4.90 Å². The van der Waals surface area contributed by atoms with Crippen molar-refractivity contribution in [3.8, 4) is 0 Å². The van der Waals surface area contributed by atoms with Gasteiger partial charge >= 0.3 is 0 Å². The lowest BCUT2D eigenvalue weighted by molar-refractivity contribution is -0.120. The smallest absolute Gasteiger partial charge is 0.263 e. The number of rotatable bonds is 9. The summed E-state index contributed by atoms with van der Waals surface area (Å²) in [4.78, 5) is 28.9. The molecule has 0 saturated heterocycles. The predicted octanol–water partition coefficient (Wildman–Crippen LogP) is 4.57. The van der Waals surface area contributed by atoms with Crippen molar-refractivity contribution in [3.05, 3.63) is 65.7 Å². The van der Waals surface area contributed by atoms with Crippen molar-refractivity contribution >= 4 is 49.7 Å². The Kier molecular flexibility index (Phi) is 7.60. The molecule has 8 nitrogen and oxygen atoms in total. The molecule has 168 valence electrons. The molecule has 2 aromatic carbocycles. The summed E-state index contributed by atoms with van der Waals surface area (Å²) in [5, 5.41) is 7.53. The fourth-order valence-electron chi connectivity index (χ4n) is 3.01. The van der Waals surface area contributed by atoms with Crippen molar-refractivity contribution in [2.24, 2.45) is 5.92 Å². The number of hydrogen-bond donors (Lipinski definition) is 3. The Labute approximate surface area is 191 Å². The van der Waals surface area contributed by atoms with E-state index in [1.807, 2.05) is 13.8 Å². The molecule has 3 aromatic rings. The first-order valence-corrected chi connectivity index (χ1v) is 12.4. The molecule has 0 atom stereocenters. The topological polar surface area (TPSA) is 117 Å². The van der Waals surface area contributed by atoms with Crippen molar-refractivity contribution in [2.45, 2.75) is 31.6 Å². The van der Waals surface area contributed by atoms with E-state index in [4.69, 9.17) is 0 Å². The number of thiazole rings is 1. The summed E-state index contributed by atoms with van der Waals surface area (Å²) in [6.07, 6.45) is 2.99. The largest absolute Gasteiger partial charge is 0.326 e. The number of carbonyl (C=O) groups is 2. The van der Waals surface area contributed by atoms with Gasteiger partial charge in [-0.3, -0.25) is 14.3 Å². The quantitative estimate of drug-likeness (QED) is 0.422. The number of aromatic nitrogens is 1. The van der Waals surface area contributed by atoms with Crippen LogP contribution in [0.25, 0.3) is 0 Å². The van der Waals surface area contributed by atoms with Gasteiger partial charge in [-0.05, 0) is 55.3 Å². The van der Waals surface area contributed by atoms with Gasteiger partial charge in [0.15, 0.2) is 5.13 Å². The molecule has 0 saturated carbocycles. The third kappa shape index (κ3) is 5.92. The van der Waals surface area contributed by atoms with Crippen LogP contribution in [-0.2, 0) is 14.8 Å². The summed E-state index contributed by atoms with van der Waals surface area (Å²) in [5.74, 6) is -0.525. The minimum Gasteiger partial charge on any atom is -0.326 e. The Morgan fingerprint density at radius 3 is 2.34 bits per heavy atom. The van der Waals surface area contributed by atoms with Gasteiger partial charge in [-0.2, -0.15) is 0 Å². The third-order valence-corrected chi connectivity index (χ3v) is 7.00. The van der Waals surface area contributed by atoms with Crippen LogP contribution in [0.3, 0.4) is 0 Å². The highest BCUT2D eigenvalue weighted by molar-refractivity contribution is 7.93. The highest BCUT2D eigenvalue weighted by Crippen LogP contribution is 2.21. The standard InChI is InChI=1S/C22H24N4O4S2/c1-3-15(4-2)20(27)25-18-7-5-6-16(14-18)21(28)24-17-8-10-19(11-9-17)32(29,30)26-22-23-12-13-31-22/h5-15H,3-4H2,1-2H3,(H,23,26)(H,24,28)(H,25,27). The highest BCUT2D eigenvalue weighted by atomic mass is 32.2. The van der Waals surface area contributed by atoms with Crippen molar-refractivity contribution < 1.29 is 18.0 Å². The first kappa shape index (κ1) is 23.4. The van der Waals surface area contributed by atoms with E-state index in [-0.39, 0.29) is 27.8 Å². The van der Waals surface area contributed by atoms with Crippen LogP contribution in [0.1, 0.15) is 37.0 Å². The van der Waals surface area contributed by atoms with Gasteiger partial charge in [0.25, 0.3) is 15.9 Å². The van der Waals surface area contributed by atoms with Crippen LogP contribution in [0.5, 0.6) is 0 Å². The molecule has 10 heteroatoms. The Hall–Kier alpha value is -3.24. The minimum atomic E-state index is -3.76. The summed E-state index contributed by atoms with van der Waals surface area (Å²) in [7, 11) is -3.76. The van der Waals surface area contributed by atoms with Crippen LogP contribution in [0.4, 0.5) is 16.5 Å². The van der Waals surface area contributed by atoms with Gasteiger partial charge in [0.1, 0.15) is 0 Å². The first-order valence-electron chi connectivity index (χ1n) is 10.1. The molecule has 0 aliphatic heterocycles. The van der Waals surface area contributed by atoms with Gasteiger partial charge in [-0.25, -0.2) is 13.4 Å². The average molecular weight is 473 g/mol. The van der Waals surface area contributed by atoms with Crippen molar-refractivity contribution in [1.82, 2.24) is 4.98 Å². The Morgan fingerprint density at radius 1 is 1.00 bits per heavy atom. The number of anilines is 3. The summed E-state index contributed by atoms with van der Waals surface area (Å²) in [5.41, 5.74) is 1.36. The van der Waals surface area contributed by atoms with Gasteiger partial charge in [0, 0.05) is 34.4 Å². The molecule has 0 bridgehead atoms. The predicted molar refractivity (Wildman–Crippen MR) is 126 cm³/mol. The SMILES string of the molecule is CCC(CC)C(=O)Nc1cccc(C(=O)Nc2ccc(S(=O)(=O)Nc3nccs3)cc2)c1. The van der Waals surface area contributed by atoms with E-state index in [2.05, 4.69) is 20.3 Å². The fourth-order valence-corrected chi connectivity index (χ4v) is 4.80. The van der Waals surface area contributed by atoms with E-state index < -0.39 is 10.0 Å². The second kappa shape index (κ2) is 10.4. The summed E-state index contributed by atoms with van der Waals surface area (Å²) >= 11 is 1.18. The average Bonchev–Trinajstić information content (AvgIpc) is 3.27. The molecule has 3 N–H and O–H groups in total. The lowest BCUT2D eigenvalue weighted by Gasteiger charge is -2.13. The second-order valence-corrected chi connectivity index (χ2v) is 9.58. The maximum absolute atomic E-state index is 12.6. The molecule has 0 radical (unpaired) electrons. The molecule has 0 aliphatic rings. The molecular weight excluding hydrogens is 448 g/mol. The lowest BCUT2D eigenvalue weighted by atomic mass is 10.0. The second-order valence-electron chi connectivity index (χ2n) is 7.00. The molecule has 0 aliphatic carbocycles. The van der Waals surface area contributed by atoms with E-state index in [1.165, 1.54) is 41.8 Å². The van der Waals surface area contributed by atoms with Crippen molar-refractivity contribution in [3.63, 3.8) is 0 Å². The van der Waals surface area contributed by atoms with E-state index in [0.29, 0.717) is 16.9 Å². The molecule has 1 heterocycles. The number of sulfonamides is 1. The fraction of sp³-hybridized carbons (Fsp3) is 0.227. The molecule has 3 rings (SSSR count). The van der Waals surface area contributed by atoms with Crippen LogP contribution in [0.15, 0.2) is 65.0 Å². The molecule has 1 aromatic heterocycles. The molecule has 32 heavy (non-hydrogen) atoms. The Balaban J connectivity index is 1.66. The van der Waals surface area contributed by atoms with E-state index >= 15 is 0 Å². The number of nitrogens with one attached hydrogen (secondary N) is 3. The summed E-state index contributed by atoms with van der Waals surface area (Å²) in [6, 6.07) is 12.5. The molecule has 2 amide bonds. The summed E-state index contributed by atoms with van der Waals surface area (Å²) in [6.45, 7) is 3.92. The van der Waals surface area contributed by atoms with Crippen molar-refractivity contribution in [1.29, 1.82) is 0 Å². The van der Waals surface area contributed by atoms with Crippen LogP contribution in [0.2, 0.25) is 0 Å². The zero-order chi connectivity index (χ0) is 23.1. The Bertz CT molecular complexity index is 1170. The van der Waals surface area contributed by atoms with E-state index in [0.717, 1.165) is 12.8 Å². The van der Waals surface area contributed by atoms with E-state index in [9.17, 15) is 18.0 Å². The molecule has 0 spiro atoms. The zero-order valence-electron chi connectivity index (χ0n) is 17.7. The van der Waals surface area contributed by atoms with Gasteiger partial charge in [-0.15, -0.1) is 11.3 Å². The number of nitrogens with zero attached hydrogens (tertiary/aromatic N) is 1. The first-order chi connectivity index (χ1) is 15.3. The molecule has 0 fully saturated rings. The number of benzene rings is 2. The minimum absolute atomic E-state index is 0.0526. The maximum atomic E-state index is 12.6. The van der Waals surface area contributed by atoms with Gasteiger partial charge in [-0.1, -0.05) is 19.9 Å². The van der Waals surface area contributed by atoms with Crippen LogP contribution >= 0.6 is 11.3 Å². The maximum Gasteiger partial charge on any atom is 0.263 e. The van der Waals surface area contributed by atoms with E-state index in [1.54, 1.807) is 29.6 Å². The van der Waals surface area contributed by atoms with Crippen molar-refractivity contribution in [2.75, 3.05) is 15.4 Å². The highest BCUT2D eigenvalue weighted by Gasteiger charge is 2.17. The number of carbonyl (C=O) groups excluding carboxylic acids is 2. The number of hydrogen-bond acceptors (Lipinski definition) is 6. The summed E-state index contributed by atoms with van der Waals surface area (Å²) < 4.78 is 27.2. The van der Waals surface area contributed by atoms with Crippen LogP contribution in [-0.4, -0.2) is 25.2 Å². The normalized spacial score (nSPS) is 11.2. The Morgan fingerprint density at radius 2 is 1.72 bits per heavy atom. The lowest BCUT2D eigenvalue weighted by Crippen LogP contribution is -2.22. The van der Waals surface area contributed by atoms with Gasteiger partial charge in [0.2, 0.25) is 5.91 Å².